The van der Waals surface area contributed by atoms with Crippen LogP contribution in [0.4, 0.5) is 5.13 Å². The van der Waals surface area contributed by atoms with E-state index in [0.29, 0.717) is 5.57 Å². The number of carboxylic acid groups (broad SMARTS) is 2. The highest BCUT2D eigenvalue weighted by Crippen LogP contribution is 2.40. The highest BCUT2D eigenvalue weighted by atomic mass is 35.5. The number of rotatable bonds is 10. The summed E-state index contributed by atoms with van der Waals surface area (Å²) in [5.41, 5.74) is 6.23. The first-order valence-electron chi connectivity index (χ1n) is 12.1. The first-order valence-corrected chi connectivity index (χ1v) is 14.4. The van der Waals surface area contributed by atoms with Gasteiger partial charge in [-0.3, -0.25) is 14.5 Å². The van der Waals surface area contributed by atoms with Gasteiger partial charge in [0.1, 0.15) is 27.1 Å². The molecule has 3 aromatic heterocycles. The van der Waals surface area contributed by atoms with E-state index in [1.54, 1.807) is 40.1 Å². The van der Waals surface area contributed by atoms with Gasteiger partial charge < -0.3 is 26.1 Å². The van der Waals surface area contributed by atoms with Gasteiger partial charge in [0.25, 0.3) is 11.8 Å². The molecule has 0 saturated carbocycles. The highest BCUT2D eigenvalue weighted by molar-refractivity contribution is 8.00. The zero-order chi connectivity index (χ0) is 30.1. The van der Waals surface area contributed by atoms with E-state index in [0.717, 1.165) is 21.9 Å². The molecule has 0 unspecified atom stereocenters. The molecule has 0 radical (unpaired) electrons. The van der Waals surface area contributed by atoms with Crippen molar-refractivity contribution in [1.29, 1.82) is 0 Å². The van der Waals surface area contributed by atoms with Gasteiger partial charge in [-0.05, 0) is 13.0 Å². The summed E-state index contributed by atoms with van der Waals surface area (Å²) in [6, 6.07) is 4.35. The van der Waals surface area contributed by atoms with Gasteiger partial charge in [0, 0.05) is 35.9 Å². The van der Waals surface area contributed by atoms with E-state index in [4.69, 9.17) is 27.3 Å². The number of aliphatic carboxylic acids is 2. The molecule has 2 amide bonds. The molecule has 0 bridgehead atoms. The molecule has 5 N–H and O–H groups in total. The number of carbonyl (C=O) groups excluding carboxylic acids is 2. The van der Waals surface area contributed by atoms with Crippen LogP contribution in [0.15, 0.2) is 59.4 Å². The number of halogens is 1. The number of aromatic nitrogens is 4. The van der Waals surface area contributed by atoms with Crippen molar-refractivity contribution in [2.45, 2.75) is 31.0 Å². The SMILES string of the molecule is C[C@H](ON=C(C(=O)N[C@@H]1C(=O)N2C(C(=O)O)=C(C[n+]3ccc(-n4cccn4)cc3)CS[C@H]12)c1nc(N)sc1Cl)C(=O)O. The fourth-order valence-corrected chi connectivity index (χ4v) is 6.46. The molecule has 2 aliphatic heterocycles. The van der Waals surface area contributed by atoms with E-state index in [9.17, 15) is 24.3 Å². The van der Waals surface area contributed by atoms with Crippen LogP contribution in [0.25, 0.3) is 5.69 Å². The Morgan fingerprint density at radius 1 is 1.33 bits per heavy atom. The molecule has 2 aliphatic rings. The maximum Gasteiger partial charge on any atom is 0.352 e. The summed E-state index contributed by atoms with van der Waals surface area (Å²) < 4.78 is 3.48. The lowest BCUT2D eigenvalue weighted by atomic mass is 10.0. The number of thioether (sulfide) groups is 1. The number of oxime groups is 1. The van der Waals surface area contributed by atoms with Crippen LogP contribution in [0.2, 0.25) is 4.34 Å². The number of hydrogen-bond donors (Lipinski definition) is 4. The normalized spacial score (nSPS) is 19.1. The molecule has 218 valence electrons. The van der Waals surface area contributed by atoms with Crippen LogP contribution in [0, 0.1) is 0 Å². The predicted octanol–water partition coefficient (Wildman–Crippen LogP) is 0.485. The summed E-state index contributed by atoms with van der Waals surface area (Å²) in [6.45, 7) is 1.43. The number of fused-ring (bicyclic) bond motifs is 1. The molecular weight excluding hydrogens is 612 g/mol. The molecule has 5 rings (SSSR count). The molecule has 1 fully saturated rings. The molecule has 1 saturated heterocycles. The third-order valence-corrected chi connectivity index (χ3v) is 8.67. The number of nitrogens with two attached hydrogens (primary N) is 1. The van der Waals surface area contributed by atoms with Gasteiger partial charge in [0.15, 0.2) is 29.8 Å². The first kappa shape index (κ1) is 29.0. The van der Waals surface area contributed by atoms with Gasteiger partial charge in [0.2, 0.25) is 6.10 Å². The van der Waals surface area contributed by atoms with E-state index >= 15 is 0 Å². The summed E-state index contributed by atoms with van der Waals surface area (Å²) in [5.74, 6) is -3.90. The molecule has 0 aromatic carbocycles. The molecule has 3 atom stereocenters. The molecule has 0 aliphatic carbocycles. The smallest absolute Gasteiger partial charge is 0.352 e. The number of nitrogen functional groups attached to an aromatic ring is 1. The lowest BCUT2D eigenvalue weighted by Crippen LogP contribution is -2.71. The predicted molar refractivity (Wildman–Crippen MR) is 150 cm³/mol. The van der Waals surface area contributed by atoms with E-state index in [2.05, 4.69) is 20.6 Å². The molecule has 3 aromatic rings. The Kier molecular flexibility index (Phi) is 8.15. The lowest BCUT2D eigenvalue weighted by molar-refractivity contribution is -0.689. The van der Waals surface area contributed by atoms with Crippen molar-refractivity contribution < 1.29 is 38.8 Å². The number of carboxylic acids is 2. The maximum atomic E-state index is 13.2. The van der Waals surface area contributed by atoms with Crippen LogP contribution in [-0.2, 0) is 30.6 Å². The van der Waals surface area contributed by atoms with Crippen molar-refractivity contribution in [3.63, 3.8) is 0 Å². The van der Waals surface area contributed by atoms with Crippen molar-refractivity contribution in [3.05, 3.63) is 64.3 Å². The number of amides is 2. The molecule has 18 heteroatoms. The van der Waals surface area contributed by atoms with Gasteiger partial charge in [-0.25, -0.2) is 23.8 Å². The number of β-lactam (4-membered cyclic amide) rings is 1. The Bertz CT molecular complexity index is 1620. The van der Waals surface area contributed by atoms with E-state index in [1.807, 2.05) is 12.1 Å². The van der Waals surface area contributed by atoms with Crippen LogP contribution < -0.4 is 15.6 Å². The van der Waals surface area contributed by atoms with Crippen molar-refractivity contribution >= 4 is 69.3 Å². The minimum Gasteiger partial charge on any atom is -0.478 e. The number of anilines is 1. The second-order valence-corrected chi connectivity index (χ2v) is 11.7. The fourth-order valence-electron chi connectivity index (χ4n) is 4.20. The Balaban J connectivity index is 1.34. The van der Waals surface area contributed by atoms with E-state index < -0.39 is 47.0 Å². The average Bonchev–Trinajstić information content (AvgIpc) is 3.61. The summed E-state index contributed by atoms with van der Waals surface area (Å²) >= 11 is 8.29. The number of pyridine rings is 1. The van der Waals surface area contributed by atoms with Crippen LogP contribution in [-0.4, -0.2) is 82.6 Å². The van der Waals surface area contributed by atoms with Gasteiger partial charge >= 0.3 is 11.9 Å². The topological polar surface area (TPSA) is 206 Å². The van der Waals surface area contributed by atoms with Gasteiger partial charge in [-0.1, -0.05) is 28.1 Å². The third kappa shape index (κ3) is 5.65. The van der Waals surface area contributed by atoms with Gasteiger partial charge in [0.05, 0.1) is 5.69 Å². The Morgan fingerprint density at radius 3 is 2.67 bits per heavy atom. The van der Waals surface area contributed by atoms with Crippen molar-refractivity contribution in [2.24, 2.45) is 5.16 Å². The quantitative estimate of drug-likeness (QED) is 0.105. The molecule has 5 heterocycles. The fraction of sp³-hybridized carbons (Fsp3) is 0.250. The first-order chi connectivity index (χ1) is 20.0. The number of nitrogens with zero attached hydrogens (tertiary/aromatic N) is 6. The van der Waals surface area contributed by atoms with Crippen molar-refractivity contribution in [2.75, 3.05) is 11.5 Å². The lowest BCUT2D eigenvalue weighted by Gasteiger charge is -2.49. The van der Waals surface area contributed by atoms with E-state index in [-0.39, 0.29) is 33.2 Å². The summed E-state index contributed by atoms with van der Waals surface area (Å²) in [6.07, 6.45) is 5.62. The minimum absolute atomic E-state index is 0.00234. The Labute approximate surface area is 250 Å². The summed E-state index contributed by atoms with van der Waals surface area (Å²) in [5, 5.41) is 28.8. The number of carbonyl (C=O) groups is 4. The van der Waals surface area contributed by atoms with Crippen molar-refractivity contribution in [3.8, 4) is 5.69 Å². The molecular formula is C24H22ClN8O7S2+. The summed E-state index contributed by atoms with van der Waals surface area (Å²) in [7, 11) is 0. The number of thiazole rings is 1. The molecule has 42 heavy (non-hydrogen) atoms. The van der Waals surface area contributed by atoms with Gasteiger partial charge in [-0.15, -0.1) is 11.8 Å². The van der Waals surface area contributed by atoms with Crippen LogP contribution in [0.5, 0.6) is 0 Å². The van der Waals surface area contributed by atoms with Crippen LogP contribution in [0.1, 0.15) is 12.6 Å². The zero-order valence-corrected chi connectivity index (χ0v) is 24.0. The van der Waals surface area contributed by atoms with Crippen LogP contribution >= 0.6 is 34.7 Å². The minimum atomic E-state index is -1.40. The highest BCUT2D eigenvalue weighted by Gasteiger charge is 2.55. The second-order valence-electron chi connectivity index (χ2n) is 9.00. The standard InChI is InChI=1S/C24H21ClN8O7S2/c1-11(22(36)37)40-30-15(14-18(25)42-24(26)29-14)19(34)28-16-20(35)33-17(23(38)39)12(10-41-21(16)33)9-31-7-3-13(4-8-31)32-6-2-5-27-32/h2-8,11,16,21H,9-10H2,1H3,(H4-,26,28,29,34,36,37,38,39)/p+1/t11-,16+,21+/m0/s1. The van der Waals surface area contributed by atoms with E-state index in [1.165, 1.54) is 18.7 Å². The van der Waals surface area contributed by atoms with Crippen LogP contribution in [0.3, 0.4) is 0 Å². The summed E-state index contributed by atoms with van der Waals surface area (Å²) in [4.78, 5) is 59.9. The monoisotopic (exact) mass is 633 g/mol. The van der Waals surface area contributed by atoms with Crippen molar-refractivity contribution in [1.82, 2.24) is 25.0 Å². The zero-order valence-electron chi connectivity index (χ0n) is 21.6. The molecule has 15 nitrogen and oxygen atoms in total. The number of nitrogens with one attached hydrogen (secondary N) is 1. The maximum absolute atomic E-state index is 13.2. The third-order valence-electron chi connectivity index (χ3n) is 6.24. The van der Waals surface area contributed by atoms with Gasteiger partial charge in [-0.2, -0.15) is 5.10 Å². The largest absolute Gasteiger partial charge is 0.478 e. The second kappa shape index (κ2) is 11.8. The Hall–Kier alpha value is -4.48. The number of hydrogen-bond acceptors (Lipinski definition) is 11. The average molecular weight is 634 g/mol. The molecule has 0 spiro atoms. The Morgan fingerprint density at radius 2 is 2.07 bits per heavy atom.